The predicted octanol–water partition coefficient (Wildman–Crippen LogP) is 3.83. The molecular formula is C23H28N2O3S. The summed E-state index contributed by atoms with van der Waals surface area (Å²) >= 11 is 0. The fraction of sp³-hybridized carbons (Fsp3) is 0.435. The molecule has 154 valence electrons. The molecule has 2 aromatic rings. The molecule has 0 spiro atoms. The molecule has 1 heterocycles. The van der Waals surface area contributed by atoms with E-state index in [0.717, 1.165) is 41.6 Å². The van der Waals surface area contributed by atoms with Crippen molar-refractivity contribution in [2.24, 2.45) is 5.92 Å². The molecule has 0 radical (unpaired) electrons. The fourth-order valence-electron chi connectivity index (χ4n) is 4.51. The molecule has 6 heteroatoms. The van der Waals surface area contributed by atoms with E-state index in [1.807, 2.05) is 38.1 Å². The molecule has 29 heavy (non-hydrogen) atoms. The summed E-state index contributed by atoms with van der Waals surface area (Å²) in [6.45, 7) is 4.77. The second kappa shape index (κ2) is 7.92. The van der Waals surface area contributed by atoms with E-state index in [1.54, 1.807) is 6.07 Å². The van der Waals surface area contributed by atoms with Crippen LogP contribution in [0.3, 0.4) is 0 Å². The Hall–Kier alpha value is -2.18. The molecule has 0 atom stereocenters. The molecule has 1 fully saturated rings. The normalized spacial score (nSPS) is 17.9. The van der Waals surface area contributed by atoms with Gasteiger partial charge in [0.2, 0.25) is 15.9 Å². The van der Waals surface area contributed by atoms with E-state index in [1.165, 1.54) is 9.87 Å². The predicted molar refractivity (Wildman–Crippen MR) is 114 cm³/mol. The Morgan fingerprint density at radius 1 is 0.966 bits per heavy atom. The summed E-state index contributed by atoms with van der Waals surface area (Å²) in [5.41, 5.74) is 5.45. The number of sulfonamides is 1. The van der Waals surface area contributed by atoms with Crippen LogP contribution in [0.25, 0.3) is 0 Å². The summed E-state index contributed by atoms with van der Waals surface area (Å²) in [6, 6.07) is 11.5. The van der Waals surface area contributed by atoms with Crippen LogP contribution in [-0.4, -0.2) is 31.7 Å². The van der Waals surface area contributed by atoms with Crippen molar-refractivity contribution in [2.75, 3.05) is 18.4 Å². The van der Waals surface area contributed by atoms with Crippen LogP contribution in [-0.2, 0) is 27.7 Å². The molecule has 1 aliphatic heterocycles. The maximum Gasteiger partial charge on any atom is 0.243 e. The molecule has 2 aromatic carbocycles. The highest BCUT2D eigenvalue weighted by Gasteiger charge is 2.32. The molecule has 1 N–H and O–H groups in total. The summed E-state index contributed by atoms with van der Waals surface area (Å²) in [5.74, 6) is -0.188. The number of rotatable bonds is 4. The largest absolute Gasteiger partial charge is 0.326 e. The number of anilines is 1. The van der Waals surface area contributed by atoms with E-state index in [0.29, 0.717) is 30.8 Å². The van der Waals surface area contributed by atoms with Crippen LogP contribution >= 0.6 is 0 Å². The van der Waals surface area contributed by atoms with Gasteiger partial charge in [-0.3, -0.25) is 4.79 Å². The molecule has 1 saturated heterocycles. The Morgan fingerprint density at radius 3 is 2.31 bits per heavy atom. The lowest BCUT2D eigenvalue weighted by atomic mass is 9.97. The summed E-state index contributed by atoms with van der Waals surface area (Å²) in [5, 5.41) is 3.00. The van der Waals surface area contributed by atoms with Gasteiger partial charge in [0.1, 0.15) is 0 Å². The summed E-state index contributed by atoms with van der Waals surface area (Å²) in [6.07, 6.45) is 4.18. The summed E-state index contributed by atoms with van der Waals surface area (Å²) in [7, 11) is -3.50. The number of aryl methyl sites for hydroxylation is 4. The molecule has 2 aliphatic rings. The molecule has 1 amide bonds. The van der Waals surface area contributed by atoms with Crippen LogP contribution in [0.5, 0.6) is 0 Å². The van der Waals surface area contributed by atoms with Crippen molar-refractivity contribution in [3.8, 4) is 0 Å². The Balaban J connectivity index is 1.40. The van der Waals surface area contributed by atoms with Crippen molar-refractivity contribution in [1.82, 2.24) is 4.31 Å². The zero-order valence-electron chi connectivity index (χ0n) is 17.1. The summed E-state index contributed by atoms with van der Waals surface area (Å²) < 4.78 is 27.6. The number of piperidine rings is 1. The van der Waals surface area contributed by atoms with E-state index in [2.05, 4.69) is 11.4 Å². The lowest BCUT2D eigenvalue weighted by Gasteiger charge is -2.30. The van der Waals surface area contributed by atoms with Crippen molar-refractivity contribution in [3.63, 3.8) is 0 Å². The van der Waals surface area contributed by atoms with Gasteiger partial charge in [0.05, 0.1) is 4.90 Å². The van der Waals surface area contributed by atoms with Crippen molar-refractivity contribution < 1.29 is 13.2 Å². The first-order valence-electron chi connectivity index (χ1n) is 10.3. The average molecular weight is 413 g/mol. The van der Waals surface area contributed by atoms with E-state index < -0.39 is 10.0 Å². The van der Waals surface area contributed by atoms with Gasteiger partial charge in [0.15, 0.2) is 0 Å². The van der Waals surface area contributed by atoms with Gasteiger partial charge in [-0.2, -0.15) is 4.31 Å². The number of carbonyl (C=O) groups is 1. The monoisotopic (exact) mass is 412 g/mol. The van der Waals surface area contributed by atoms with Crippen LogP contribution in [0.2, 0.25) is 0 Å². The smallest absolute Gasteiger partial charge is 0.243 e. The van der Waals surface area contributed by atoms with Crippen molar-refractivity contribution >= 4 is 21.6 Å². The number of nitrogens with one attached hydrogen (secondary N) is 1. The van der Waals surface area contributed by atoms with Crippen LogP contribution in [0.1, 0.15) is 41.5 Å². The fourth-order valence-corrected chi connectivity index (χ4v) is 6.03. The van der Waals surface area contributed by atoms with Gasteiger partial charge in [-0.15, -0.1) is 0 Å². The SMILES string of the molecule is Cc1cc(C)cc(NC(=O)C2CCN(S(=O)(=O)c3ccc4c(c3)CCC4)CC2)c1. The number of benzene rings is 2. The number of nitrogens with zero attached hydrogens (tertiary/aromatic N) is 1. The minimum atomic E-state index is -3.50. The number of hydrogen-bond donors (Lipinski definition) is 1. The Kier molecular flexibility index (Phi) is 5.49. The summed E-state index contributed by atoms with van der Waals surface area (Å²) in [4.78, 5) is 13.1. The first kappa shape index (κ1) is 20.1. The molecule has 0 unspecified atom stereocenters. The van der Waals surface area contributed by atoms with Crippen LogP contribution < -0.4 is 5.32 Å². The zero-order chi connectivity index (χ0) is 20.6. The molecule has 0 bridgehead atoms. The lowest BCUT2D eigenvalue weighted by Crippen LogP contribution is -2.41. The first-order valence-corrected chi connectivity index (χ1v) is 11.8. The average Bonchev–Trinajstić information content (AvgIpc) is 3.15. The number of fused-ring (bicyclic) bond motifs is 1. The molecule has 0 aromatic heterocycles. The molecule has 5 nitrogen and oxygen atoms in total. The number of hydrogen-bond acceptors (Lipinski definition) is 3. The quantitative estimate of drug-likeness (QED) is 0.830. The van der Waals surface area contributed by atoms with Crippen molar-refractivity contribution in [3.05, 3.63) is 58.7 Å². The number of carbonyl (C=O) groups excluding carboxylic acids is 1. The van der Waals surface area contributed by atoms with E-state index in [4.69, 9.17) is 0 Å². The second-order valence-electron chi connectivity index (χ2n) is 8.33. The molecule has 0 saturated carbocycles. The minimum Gasteiger partial charge on any atom is -0.326 e. The second-order valence-corrected chi connectivity index (χ2v) is 10.3. The maximum absolute atomic E-state index is 13.1. The van der Waals surface area contributed by atoms with Gasteiger partial charge < -0.3 is 5.32 Å². The Morgan fingerprint density at radius 2 is 1.62 bits per heavy atom. The van der Waals surface area contributed by atoms with Gasteiger partial charge in [-0.05, 0) is 92.5 Å². The zero-order valence-corrected chi connectivity index (χ0v) is 17.9. The number of amides is 1. The van der Waals surface area contributed by atoms with Crippen LogP contribution in [0.15, 0.2) is 41.3 Å². The van der Waals surface area contributed by atoms with Crippen molar-refractivity contribution in [1.29, 1.82) is 0 Å². The topological polar surface area (TPSA) is 66.5 Å². The molecule has 4 rings (SSSR count). The van der Waals surface area contributed by atoms with E-state index in [9.17, 15) is 13.2 Å². The highest BCUT2D eigenvalue weighted by atomic mass is 32.2. The van der Waals surface area contributed by atoms with Gasteiger partial charge in [-0.1, -0.05) is 12.1 Å². The van der Waals surface area contributed by atoms with Crippen molar-refractivity contribution in [2.45, 2.75) is 50.8 Å². The minimum absolute atomic E-state index is 0.0235. The Labute approximate surface area is 173 Å². The first-order chi connectivity index (χ1) is 13.8. The lowest BCUT2D eigenvalue weighted by molar-refractivity contribution is -0.120. The van der Waals surface area contributed by atoms with Crippen LogP contribution in [0, 0.1) is 19.8 Å². The third-order valence-electron chi connectivity index (χ3n) is 6.02. The van der Waals surface area contributed by atoms with Gasteiger partial charge in [-0.25, -0.2) is 8.42 Å². The highest BCUT2D eigenvalue weighted by molar-refractivity contribution is 7.89. The molecular weight excluding hydrogens is 384 g/mol. The van der Waals surface area contributed by atoms with Gasteiger partial charge in [0.25, 0.3) is 0 Å². The van der Waals surface area contributed by atoms with E-state index in [-0.39, 0.29) is 11.8 Å². The molecule has 1 aliphatic carbocycles. The standard InChI is InChI=1S/C23H28N2O3S/c1-16-12-17(2)14-21(13-16)24-23(26)19-8-10-25(11-9-19)29(27,28)22-7-6-18-4-3-5-20(18)15-22/h6-7,12-15,19H,3-5,8-11H2,1-2H3,(H,24,26). The van der Waals surface area contributed by atoms with Crippen LogP contribution in [0.4, 0.5) is 5.69 Å². The van der Waals surface area contributed by atoms with E-state index >= 15 is 0 Å². The Bertz CT molecular complexity index is 1020. The van der Waals surface area contributed by atoms with Gasteiger partial charge in [0, 0.05) is 24.7 Å². The maximum atomic E-state index is 13.1. The third kappa shape index (κ3) is 4.23. The highest BCUT2D eigenvalue weighted by Crippen LogP contribution is 2.29. The van der Waals surface area contributed by atoms with Gasteiger partial charge >= 0.3 is 0 Å². The third-order valence-corrected chi connectivity index (χ3v) is 7.92.